The number of likely N-dealkylation sites (N-methyl/N-ethyl adjacent to an activating group) is 1. The lowest BCUT2D eigenvalue weighted by Crippen LogP contribution is -2.44. The Bertz CT molecular complexity index is 2030. The van der Waals surface area contributed by atoms with E-state index in [-0.39, 0.29) is 34.9 Å². The summed E-state index contributed by atoms with van der Waals surface area (Å²) in [6, 6.07) is 8.11. The van der Waals surface area contributed by atoms with E-state index in [0.29, 0.717) is 45.0 Å². The van der Waals surface area contributed by atoms with Gasteiger partial charge in [0, 0.05) is 65.2 Å². The van der Waals surface area contributed by atoms with Crippen molar-refractivity contribution in [2.24, 2.45) is 0 Å². The first-order valence-corrected chi connectivity index (χ1v) is 18.3. The average molecular weight is 822 g/mol. The van der Waals surface area contributed by atoms with E-state index in [1.807, 2.05) is 32.2 Å². The Morgan fingerprint density at radius 3 is 2.16 bits per heavy atom. The van der Waals surface area contributed by atoms with Gasteiger partial charge < -0.3 is 50.9 Å². The Hall–Kier alpha value is -5.31. The number of hydrogen-bond acceptors (Lipinski definition) is 13. The van der Waals surface area contributed by atoms with E-state index in [0.717, 1.165) is 60.0 Å². The summed E-state index contributed by atoms with van der Waals surface area (Å²) in [6.07, 6.45) is -3.33. The molecule has 57 heavy (non-hydrogen) atoms. The van der Waals surface area contributed by atoms with Gasteiger partial charge in [-0.3, -0.25) is 9.59 Å². The second kappa shape index (κ2) is 19.7. The summed E-state index contributed by atoms with van der Waals surface area (Å²) in [5.41, 5.74) is 15.4. The van der Waals surface area contributed by atoms with Crippen molar-refractivity contribution >= 4 is 57.9 Å². The number of nitrogens with one attached hydrogen (secondary N) is 1. The molecular weight excluding hydrogens is 775 g/mol. The number of aromatic nitrogens is 5. The van der Waals surface area contributed by atoms with Gasteiger partial charge in [-0.1, -0.05) is 11.6 Å². The number of carboxylic acid groups (broad SMARTS) is 1. The van der Waals surface area contributed by atoms with Gasteiger partial charge in [-0.2, -0.15) is 13.2 Å². The van der Waals surface area contributed by atoms with Crippen molar-refractivity contribution in [2.45, 2.75) is 39.7 Å². The van der Waals surface area contributed by atoms with E-state index in [4.69, 9.17) is 47.4 Å². The highest BCUT2D eigenvalue weighted by Crippen LogP contribution is 2.30. The van der Waals surface area contributed by atoms with Crippen LogP contribution in [0.25, 0.3) is 22.2 Å². The minimum Gasteiger partial charge on any atom is -0.542 e. The molecule has 17 nitrogen and oxygen atoms in total. The Labute approximate surface area is 332 Å². The summed E-state index contributed by atoms with van der Waals surface area (Å²) in [4.78, 5) is 55.7. The maximum Gasteiger partial charge on any atom is 0.430 e. The number of nitrogens with two attached hydrogens (primary N) is 2. The number of carbonyl (C=O) groups excluding carboxylic acids is 3. The van der Waals surface area contributed by atoms with E-state index in [9.17, 15) is 22.8 Å². The third-order valence-electron chi connectivity index (χ3n) is 9.22. The van der Waals surface area contributed by atoms with Crippen molar-refractivity contribution < 1.29 is 46.7 Å². The van der Waals surface area contributed by atoms with E-state index < -0.39 is 18.1 Å². The lowest BCUT2D eigenvalue weighted by atomic mass is 10.0. The molecule has 5 rings (SSSR count). The number of ether oxygens (including phenoxy) is 2. The van der Waals surface area contributed by atoms with Crippen molar-refractivity contribution in [1.29, 1.82) is 0 Å². The molecular formula is C36H47ClF3N11O6. The highest BCUT2D eigenvalue weighted by Gasteiger charge is 2.32. The molecule has 0 saturated carbocycles. The van der Waals surface area contributed by atoms with Gasteiger partial charge in [0.05, 0.1) is 31.9 Å². The number of nitrogen functional groups attached to an aromatic ring is 2. The number of benzene rings is 1. The first-order valence-electron chi connectivity index (χ1n) is 18.0. The summed E-state index contributed by atoms with van der Waals surface area (Å²) < 4.78 is 46.4. The predicted molar refractivity (Wildman–Crippen MR) is 204 cm³/mol. The number of piperazine rings is 1. The lowest BCUT2D eigenvalue weighted by Gasteiger charge is -2.33. The topological polar surface area (TPSA) is 214 Å². The van der Waals surface area contributed by atoms with Crippen LogP contribution in [0.3, 0.4) is 0 Å². The molecule has 0 unspecified atom stereocenters. The fraction of sp³-hybridized carbons (Fsp3) is 0.472. The molecule has 0 bridgehead atoms. The smallest absolute Gasteiger partial charge is 0.430 e. The number of carboxylic acids is 1. The molecule has 0 radical (unpaired) electrons. The standard InChI is InChI=1S/C34H46ClN11O4.C2HF3O2/c1-6-45-25-19-23(22-8-9-26(38-20-22)43-12-10-42(3)11-13-43)18-24(34(48)44(14-16-49-4)15-17-50-5)29(25)46(7-2)27(45)21-39-33(47)28-31(36)41-32(37)30(35)40-28;3-2(4,5)1(6)7/h8-9,18-20H,6-7,10-17,21H2,1-5H3,(H4-,36,37,39,41,47);(H,6,7). The summed E-state index contributed by atoms with van der Waals surface area (Å²) in [6.45, 7) is 10.6. The van der Waals surface area contributed by atoms with E-state index >= 15 is 0 Å². The summed E-state index contributed by atoms with van der Waals surface area (Å²) in [7, 11) is 5.35. The fourth-order valence-electron chi connectivity index (χ4n) is 6.26. The number of amides is 2. The number of methoxy groups -OCH3 is 2. The highest BCUT2D eigenvalue weighted by molar-refractivity contribution is 6.31. The molecule has 1 aliphatic rings. The first-order chi connectivity index (χ1) is 27.1. The molecule has 1 aliphatic heterocycles. The van der Waals surface area contributed by atoms with Gasteiger partial charge in [-0.15, -0.1) is 0 Å². The van der Waals surface area contributed by atoms with Crippen molar-refractivity contribution in [3.8, 4) is 11.1 Å². The molecule has 4 aromatic rings. The maximum atomic E-state index is 14.5. The number of pyridine rings is 1. The van der Waals surface area contributed by atoms with E-state index in [1.165, 1.54) is 0 Å². The number of rotatable bonds is 14. The number of aliphatic carboxylic acids is 1. The van der Waals surface area contributed by atoms with Crippen LogP contribution in [0.4, 0.5) is 30.6 Å². The van der Waals surface area contributed by atoms with Crippen LogP contribution in [-0.2, 0) is 33.9 Å². The van der Waals surface area contributed by atoms with Crippen LogP contribution in [0.1, 0.15) is 40.5 Å². The van der Waals surface area contributed by atoms with Gasteiger partial charge >= 0.3 is 6.18 Å². The van der Waals surface area contributed by atoms with Gasteiger partial charge in [0.15, 0.2) is 33.5 Å². The van der Waals surface area contributed by atoms with Crippen LogP contribution >= 0.6 is 11.6 Å². The zero-order chi connectivity index (χ0) is 42.0. The number of nitrogens with zero attached hydrogens (tertiary/aromatic N) is 8. The molecule has 1 saturated heterocycles. The van der Waals surface area contributed by atoms with Gasteiger partial charge in [-0.05, 0) is 50.7 Å². The quantitative estimate of drug-likeness (QED) is 0.154. The second-order valence-corrected chi connectivity index (χ2v) is 13.2. The minimum atomic E-state index is -5.19. The van der Waals surface area contributed by atoms with Gasteiger partial charge in [-0.25, -0.2) is 24.1 Å². The highest BCUT2D eigenvalue weighted by atomic mass is 35.5. The molecule has 3 aromatic heterocycles. The second-order valence-electron chi connectivity index (χ2n) is 12.9. The third kappa shape index (κ3) is 10.8. The molecule has 2 amide bonds. The average Bonchev–Trinajstić information content (AvgIpc) is 3.50. The van der Waals surface area contributed by atoms with Crippen LogP contribution < -0.4 is 31.4 Å². The number of anilines is 3. The molecule has 5 N–H and O–H groups in total. The van der Waals surface area contributed by atoms with Crippen molar-refractivity contribution in [2.75, 3.05) is 90.1 Å². The maximum absolute atomic E-state index is 14.5. The molecule has 21 heteroatoms. The monoisotopic (exact) mass is 821 g/mol. The van der Waals surface area contributed by atoms with Gasteiger partial charge in [0.2, 0.25) is 0 Å². The minimum absolute atomic E-state index is 0.0575. The predicted octanol–water partition coefficient (Wildman–Crippen LogP) is 1.35. The lowest BCUT2D eigenvalue weighted by molar-refractivity contribution is -0.676. The zero-order valence-corrected chi connectivity index (χ0v) is 33.1. The molecule has 0 atom stereocenters. The molecule has 1 fully saturated rings. The van der Waals surface area contributed by atoms with Crippen molar-refractivity contribution in [3.05, 3.63) is 52.7 Å². The summed E-state index contributed by atoms with van der Waals surface area (Å²) >= 11 is 6.05. The number of halogens is 4. The normalized spacial score (nSPS) is 13.3. The molecule has 0 aliphatic carbocycles. The number of imidazole rings is 1. The summed E-state index contributed by atoms with van der Waals surface area (Å²) in [5, 5.41) is 11.6. The van der Waals surface area contributed by atoms with Gasteiger partial charge in [0.25, 0.3) is 17.6 Å². The van der Waals surface area contributed by atoms with Crippen LogP contribution in [-0.4, -0.2) is 127 Å². The zero-order valence-electron chi connectivity index (χ0n) is 32.4. The number of hydrogen-bond donors (Lipinski definition) is 3. The molecule has 4 heterocycles. The van der Waals surface area contributed by atoms with Crippen molar-refractivity contribution in [3.63, 3.8) is 0 Å². The van der Waals surface area contributed by atoms with Crippen LogP contribution in [0.15, 0.2) is 30.5 Å². The number of fused-ring (bicyclic) bond motifs is 1. The van der Waals surface area contributed by atoms with E-state index in [2.05, 4.69) is 53.4 Å². The largest absolute Gasteiger partial charge is 0.542 e. The molecule has 1 aromatic carbocycles. The van der Waals surface area contributed by atoms with Crippen LogP contribution in [0, 0.1) is 0 Å². The number of carbonyl (C=O) groups is 3. The van der Waals surface area contributed by atoms with E-state index in [1.54, 1.807) is 19.1 Å². The molecule has 0 spiro atoms. The van der Waals surface area contributed by atoms with Crippen LogP contribution in [0.2, 0.25) is 5.15 Å². The Morgan fingerprint density at radius 1 is 1.00 bits per heavy atom. The summed E-state index contributed by atoms with van der Waals surface area (Å²) in [5.74, 6) is -2.19. The fourth-order valence-corrected chi connectivity index (χ4v) is 6.38. The third-order valence-corrected chi connectivity index (χ3v) is 9.50. The first kappa shape index (κ1) is 44.4. The SMILES string of the molecule is CCn1c(CNC(=O)c2nc(Cl)c(N)nc2N)[n+](CC)c2c(C(=O)N(CCOC)CCOC)cc(-c3ccc(N4CCN(C)CC4)nc3)cc21.O=C([O-])C(F)(F)F. The number of alkyl halides is 3. The Kier molecular flexibility index (Phi) is 15.4. The Balaban J connectivity index is 0.000000940. The van der Waals surface area contributed by atoms with Crippen LogP contribution in [0.5, 0.6) is 0 Å². The number of aryl methyl sites for hydroxylation is 2. The van der Waals surface area contributed by atoms with Crippen molar-refractivity contribution in [1.82, 2.24) is 34.6 Å². The molecule has 310 valence electrons. The Morgan fingerprint density at radius 2 is 1.63 bits per heavy atom. The van der Waals surface area contributed by atoms with Gasteiger partial charge in [0.1, 0.15) is 18.3 Å².